The molecule has 4 heterocycles. The first-order valence-electron chi connectivity index (χ1n) is 10.3. The van der Waals surface area contributed by atoms with Crippen molar-refractivity contribution in [1.82, 2.24) is 9.55 Å². The smallest absolute Gasteiger partial charge is 0.352 e. The fourth-order valence-electron chi connectivity index (χ4n) is 4.43. The van der Waals surface area contributed by atoms with E-state index in [-0.39, 0.29) is 35.6 Å². The standard InChI is InChI=1S/C21H22FN3O5/c22-15-7-13(8-16-19(15)30-21(2-3-21)4-6-28-16)11-29-17-9-18-24(20(26)23-17)10-14-1-5-27-12-25(14)18/h7-9,14H,1-6,10-12H2/t14-/m1/s1. The van der Waals surface area contributed by atoms with Crippen molar-refractivity contribution in [1.29, 1.82) is 0 Å². The molecule has 9 heteroatoms. The molecule has 1 spiro atoms. The summed E-state index contributed by atoms with van der Waals surface area (Å²) < 4.78 is 39.2. The van der Waals surface area contributed by atoms with Crippen molar-refractivity contribution in [3.8, 4) is 17.4 Å². The lowest BCUT2D eigenvalue weighted by atomic mass is 10.2. The van der Waals surface area contributed by atoms with E-state index < -0.39 is 5.82 Å². The average Bonchev–Trinajstić information content (AvgIpc) is 3.44. The second-order valence-corrected chi connectivity index (χ2v) is 8.37. The molecule has 1 atom stereocenters. The molecule has 1 saturated carbocycles. The molecule has 30 heavy (non-hydrogen) atoms. The minimum absolute atomic E-state index is 0.0640. The Morgan fingerprint density at radius 3 is 3.00 bits per heavy atom. The van der Waals surface area contributed by atoms with Crippen molar-refractivity contribution < 1.29 is 23.3 Å². The summed E-state index contributed by atoms with van der Waals surface area (Å²) in [4.78, 5) is 18.5. The van der Waals surface area contributed by atoms with Gasteiger partial charge in [0, 0.05) is 19.0 Å². The molecule has 8 nitrogen and oxygen atoms in total. The molecule has 1 aromatic carbocycles. The van der Waals surface area contributed by atoms with Gasteiger partial charge in [0.25, 0.3) is 0 Å². The van der Waals surface area contributed by atoms with Crippen molar-refractivity contribution >= 4 is 5.82 Å². The van der Waals surface area contributed by atoms with E-state index in [2.05, 4.69) is 9.88 Å². The molecular weight excluding hydrogens is 393 g/mol. The normalized spacial score (nSPS) is 23.0. The molecule has 1 aromatic heterocycles. The molecule has 0 unspecified atom stereocenters. The van der Waals surface area contributed by atoms with Gasteiger partial charge >= 0.3 is 5.69 Å². The number of hydrogen-bond donors (Lipinski definition) is 0. The largest absolute Gasteiger partial charge is 0.489 e. The first-order valence-corrected chi connectivity index (χ1v) is 10.3. The lowest BCUT2D eigenvalue weighted by Crippen LogP contribution is -2.39. The fraction of sp³-hybridized carbons (Fsp3) is 0.524. The number of aromatic nitrogens is 2. The van der Waals surface area contributed by atoms with Gasteiger partial charge in [0.05, 0.1) is 19.3 Å². The summed E-state index contributed by atoms with van der Waals surface area (Å²) in [6.07, 6.45) is 3.50. The first-order chi connectivity index (χ1) is 14.6. The van der Waals surface area contributed by atoms with E-state index in [0.29, 0.717) is 37.8 Å². The van der Waals surface area contributed by atoms with Crippen LogP contribution in [0.15, 0.2) is 23.0 Å². The third-order valence-corrected chi connectivity index (χ3v) is 6.32. The Morgan fingerprint density at radius 1 is 1.23 bits per heavy atom. The maximum absolute atomic E-state index is 14.7. The third kappa shape index (κ3) is 2.99. The maximum atomic E-state index is 14.7. The summed E-state index contributed by atoms with van der Waals surface area (Å²) >= 11 is 0. The van der Waals surface area contributed by atoms with Gasteiger partial charge in [0.2, 0.25) is 5.88 Å². The van der Waals surface area contributed by atoms with Gasteiger partial charge in [0.15, 0.2) is 17.3 Å². The summed E-state index contributed by atoms with van der Waals surface area (Å²) in [6.45, 7) is 2.31. The SMILES string of the molecule is O=c1nc(OCc2cc(F)c3c(c2)OCCC2(CC2)O3)cc2n1C[C@H]1CCOCN21. The molecule has 1 aliphatic carbocycles. The highest BCUT2D eigenvalue weighted by atomic mass is 19.1. The van der Waals surface area contributed by atoms with Crippen LogP contribution >= 0.6 is 0 Å². The minimum Gasteiger partial charge on any atom is -0.489 e. The quantitative estimate of drug-likeness (QED) is 0.761. The molecule has 2 aromatic rings. The van der Waals surface area contributed by atoms with Crippen LogP contribution in [-0.2, 0) is 17.9 Å². The van der Waals surface area contributed by atoms with Crippen LogP contribution in [0.4, 0.5) is 10.2 Å². The number of ether oxygens (including phenoxy) is 4. The zero-order valence-corrected chi connectivity index (χ0v) is 16.4. The molecular formula is C21H22FN3O5. The molecule has 0 N–H and O–H groups in total. The molecule has 3 aliphatic heterocycles. The number of benzene rings is 1. The molecule has 0 amide bonds. The van der Waals surface area contributed by atoms with Gasteiger partial charge in [-0.15, -0.1) is 0 Å². The molecule has 2 fully saturated rings. The molecule has 4 aliphatic rings. The number of hydrogen-bond acceptors (Lipinski definition) is 7. The van der Waals surface area contributed by atoms with Gasteiger partial charge in [0.1, 0.15) is 24.8 Å². The van der Waals surface area contributed by atoms with Gasteiger partial charge in [-0.2, -0.15) is 4.98 Å². The lowest BCUT2D eigenvalue weighted by Gasteiger charge is -2.30. The van der Waals surface area contributed by atoms with Crippen molar-refractivity contribution in [3.05, 3.63) is 40.1 Å². The average molecular weight is 415 g/mol. The van der Waals surface area contributed by atoms with Crippen molar-refractivity contribution in [3.63, 3.8) is 0 Å². The van der Waals surface area contributed by atoms with E-state index in [9.17, 15) is 9.18 Å². The Morgan fingerprint density at radius 2 is 2.13 bits per heavy atom. The van der Waals surface area contributed by atoms with Crippen LogP contribution in [0.25, 0.3) is 0 Å². The Kier molecular flexibility index (Phi) is 3.96. The first kappa shape index (κ1) is 18.0. The van der Waals surface area contributed by atoms with E-state index in [1.807, 2.05) is 0 Å². The topological polar surface area (TPSA) is 75.0 Å². The van der Waals surface area contributed by atoms with E-state index in [4.69, 9.17) is 18.9 Å². The molecule has 0 bridgehead atoms. The number of rotatable bonds is 3. The summed E-state index contributed by atoms with van der Waals surface area (Å²) in [5, 5.41) is 0. The Balaban J connectivity index is 1.23. The van der Waals surface area contributed by atoms with Gasteiger partial charge in [-0.05, 0) is 37.0 Å². The van der Waals surface area contributed by atoms with Gasteiger partial charge in [-0.3, -0.25) is 4.57 Å². The van der Waals surface area contributed by atoms with Gasteiger partial charge in [-0.1, -0.05) is 0 Å². The van der Waals surface area contributed by atoms with Gasteiger partial charge < -0.3 is 23.8 Å². The highest BCUT2D eigenvalue weighted by Gasteiger charge is 2.47. The highest BCUT2D eigenvalue weighted by molar-refractivity contribution is 5.48. The van der Waals surface area contributed by atoms with E-state index >= 15 is 0 Å². The zero-order valence-electron chi connectivity index (χ0n) is 16.4. The highest BCUT2D eigenvalue weighted by Crippen LogP contribution is 2.48. The summed E-state index contributed by atoms with van der Waals surface area (Å²) in [5.41, 5.74) is -0.0175. The van der Waals surface area contributed by atoms with Crippen LogP contribution in [0, 0.1) is 5.82 Å². The van der Waals surface area contributed by atoms with E-state index in [1.165, 1.54) is 6.07 Å². The summed E-state index contributed by atoms with van der Waals surface area (Å²) in [6, 6.07) is 5.10. The van der Waals surface area contributed by atoms with Gasteiger partial charge in [-0.25, -0.2) is 9.18 Å². The van der Waals surface area contributed by atoms with Crippen LogP contribution < -0.4 is 24.8 Å². The molecule has 0 radical (unpaired) electrons. The fourth-order valence-corrected chi connectivity index (χ4v) is 4.43. The summed E-state index contributed by atoms with van der Waals surface area (Å²) in [5.74, 6) is 1.07. The van der Waals surface area contributed by atoms with Crippen LogP contribution in [-0.4, -0.2) is 41.1 Å². The number of halogens is 1. The predicted molar refractivity (Wildman–Crippen MR) is 104 cm³/mol. The third-order valence-electron chi connectivity index (χ3n) is 6.32. The minimum atomic E-state index is -0.463. The zero-order chi connectivity index (χ0) is 20.3. The van der Waals surface area contributed by atoms with Crippen LogP contribution in [0.2, 0.25) is 0 Å². The molecule has 158 valence electrons. The molecule has 1 saturated heterocycles. The number of anilines is 1. The van der Waals surface area contributed by atoms with E-state index in [1.54, 1.807) is 16.7 Å². The molecule has 6 rings (SSSR count). The number of fused-ring (bicyclic) bond motifs is 4. The second-order valence-electron chi connectivity index (χ2n) is 8.37. The van der Waals surface area contributed by atoms with E-state index in [0.717, 1.165) is 31.5 Å². The van der Waals surface area contributed by atoms with Crippen LogP contribution in [0.5, 0.6) is 17.4 Å². The maximum Gasteiger partial charge on any atom is 0.352 e. The van der Waals surface area contributed by atoms with Crippen LogP contribution in [0.3, 0.4) is 0 Å². The Hall–Kier alpha value is -2.81. The summed E-state index contributed by atoms with van der Waals surface area (Å²) in [7, 11) is 0. The van der Waals surface area contributed by atoms with Crippen molar-refractivity contribution in [2.24, 2.45) is 0 Å². The van der Waals surface area contributed by atoms with Crippen LogP contribution in [0.1, 0.15) is 31.2 Å². The predicted octanol–water partition coefficient (Wildman–Crippen LogP) is 2.22. The van der Waals surface area contributed by atoms with Crippen molar-refractivity contribution in [2.75, 3.05) is 24.8 Å². The Bertz CT molecular complexity index is 1070. The monoisotopic (exact) mass is 415 g/mol. The Labute approximate surface area is 172 Å². The second kappa shape index (κ2) is 6.60. The van der Waals surface area contributed by atoms with Crippen molar-refractivity contribution in [2.45, 2.75) is 50.5 Å². The lowest BCUT2D eigenvalue weighted by molar-refractivity contribution is 0.0903. The number of nitrogens with zero attached hydrogens (tertiary/aromatic N) is 3.